The standard InChI is InChI=1S/C29H43NO6/c1-17-15-28-19(3)13-18(2)26(4,5)21(22(28)31)14-20-16-34-27(6,7)36-24(20)29(28,33)23(17)35-25(32)30-11-9-8-10-12-30/h14-15,18-19,21,23-24,33H,8-13,16H2,1-7H3/t18-,19?,21+,23-,24+,28?,29+/m0/s1. The Kier molecular flexibility index (Phi) is 6.05. The molecule has 3 fully saturated rings. The number of likely N-dealkylation sites (tertiary alicyclic amines) is 1. The normalized spacial score (nSPS) is 43.4. The summed E-state index contributed by atoms with van der Waals surface area (Å²) in [4.78, 5) is 29.8. The molecule has 2 bridgehead atoms. The molecular weight excluding hydrogens is 458 g/mol. The highest BCUT2D eigenvalue weighted by atomic mass is 16.7. The van der Waals surface area contributed by atoms with Gasteiger partial charge in [0.05, 0.1) is 12.0 Å². The first kappa shape index (κ1) is 25.9. The van der Waals surface area contributed by atoms with Gasteiger partial charge in [-0.25, -0.2) is 4.79 Å². The maximum atomic E-state index is 14.7. The van der Waals surface area contributed by atoms with Gasteiger partial charge in [-0.15, -0.1) is 0 Å². The fourth-order valence-corrected chi connectivity index (χ4v) is 7.61. The van der Waals surface area contributed by atoms with Gasteiger partial charge in [-0.05, 0) is 74.9 Å². The van der Waals surface area contributed by atoms with Crippen LogP contribution in [0.3, 0.4) is 0 Å². The molecule has 7 heteroatoms. The zero-order valence-corrected chi connectivity index (χ0v) is 22.9. The average Bonchev–Trinajstić information content (AvgIpc) is 2.98. The van der Waals surface area contributed by atoms with E-state index in [9.17, 15) is 14.7 Å². The number of hydrogen-bond acceptors (Lipinski definition) is 6. The van der Waals surface area contributed by atoms with E-state index < -0.39 is 41.0 Å². The molecule has 1 saturated carbocycles. The van der Waals surface area contributed by atoms with Gasteiger partial charge in [-0.1, -0.05) is 39.8 Å². The predicted molar refractivity (Wildman–Crippen MR) is 135 cm³/mol. The summed E-state index contributed by atoms with van der Waals surface area (Å²) >= 11 is 0. The Balaban J connectivity index is 1.68. The maximum absolute atomic E-state index is 14.7. The van der Waals surface area contributed by atoms with Crippen LogP contribution < -0.4 is 0 Å². The van der Waals surface area contributed by atoms with Gasteiger partial charge in [-0.3, -0.25) is 4.79 Å². The quantitative estimate of drug-likeness (QED) is 0.527. The molecule has 2 aliphatic heterocycles. The summed E-state index contributed by atoms with van der Waals surface area (Å²) < 4.78 is 18.7. The van der Waals surface area contributed by atoms with E-state index in [-0.39, 0.29) is 29.6 Å². The topological polar surface area (TPSA) is 85.3 Å². The third-order valence-corrected chi connectivity index (χ3v) is 10.1. The number of allylic oxidation sites excluding steroid dienone is 1. The summed E-state index contributed by atoms with van der Waals surface area (Å²) in [5.41, 5.74) is -1.88. The highest BCUT2D eigenvalue weighted by Crippen LogP contribution is 2.63. The van der Waals surface area contributed by atoms with E-state index in [1.165, 1.54) is 0 Å². The largest absolute Gasteiger partial charge is 0.438 e. The van der Waals surface area contributed by atoms with E-state index in [1.807, 2.05) is 32.9 Å². The molecule has 1 N–H and O–H groups in total. The van der Waals surface area contributed by atoms with Gasteiger partial charge >= 0.3 is 6.09 Å². The molecular formula is C29H43NO6. The molecule has 2 heterocycles. The SMILES string of the molecule is CC1=CC23C(=O)[C@@H](C=C4COC(C)(C)O[C@H]4[C@]2(O)[C@H]1OC(=O)N1CCCCC1)C(C)(C)[C@@H](C)CC3C. The molecule has 0 aromatic heterocycles. The van der Waals surface area contributed by atoms with Crippen LogP contribution in [0.4, 0.5) is 4.79 Å². The van der Waals surface area contributed by atoms with E-state index in [4.69, 9.17) is 14.2 Å². The van der Waals surface area contributed by atoms with Crippen LogP contribution >= 0.6 is 0 Å². The monoisotopic (exact) mass is 501 g/mol. The number of ether oxygens (including phenoxy) is 3. The van der Waals surface area contributed by atoms with Crippen LogP contribution in [0.2, 0.25) is 0 Å². The van der Waals surface area contributed by atoms with Crippen molar-refractivity contribution in [3.63, 3.8) is 0 Å². The number of rotatable bonds is 1. The Morgan fingerprint density at radius 2 is 1.78 bits per heavy atom. The van der Waals surface area contributed by atoms with Gasteiger partial charge in [0.25, 0.3) is 0 Å². The van der Waals surface area contributed by atoms with Gasteiger partial charge in [0.15, 0.2) is 23.3 Å². The molecule has 36 heavy (non-hydrogen) atoms. The van der Waals surface area contributed by atoms with Crippen molar-refractivity contribution in [2.24, 2.45) is 28.6 Å². The van der Waals surface area contributed by atoms with Gasteiger partial charge in [-0.2, -0.15) is 0 Å². The summed E-state index contributed by atoms with van der Waals surface area (Å²) in [7, 11) is 0. The molecule has 5 rings (SSSR count). The molecule has 3 aliphatic carbocycles. The minimum atomic E-state index is -1.78. The van der Waals surface area contributed by atoms with E-state index in [2.05, 4.69) is 27.7 Å². The third-order valence-electron chi connectivity index (χ3n) is 10.1. The average molecular weight is 502 g/mol. The molecule has 1 spiro atoms. The van der Waals surface area contributed by atoms with E-state index in [0.717, 1.165) is 31.3 Å². The van der Waals surface area contributed by atoms with E-state index >= 15 is 0 Å². The van der Waals surface area contributed by atoms with Crippen molar-refractivity contribution in [3.8, 4) is 0 Å². The van der Waals surface area contributed by atoms with Crippen LogP contribution in [0, 0.1) is 28.6 Å². The first-order chi connectivity index (χ1) is 16.8. The summed E-state index contributed by atoms with van der Waals surface area (Å²) in [6.07, 6.45) is 5.42. The highest BCUT2D eigenvalue weighted by molar-refractivity contribution is 5.95. The number of ketones is 1. The molecule has 2 saturated heterocycles. The van der Waals surface area contributed by atoms with Crippen LogP contribution in [0.15, 0.2) is 23.3 Å². The Labute approximate surface area is 215 Å². The highest BCUT2D eigenvalue weighted by Gasteiger charge is 2.74. The van der Waals surface area contributed by atoms with E-state index in [1.54, 1.807) is 4.90 Å². The Bertz CT molecular complexity index is 1010. The van der Waals surface area contributed by atoms with Crippen LogP contribution in [0.1, 0.15) is 74.1 Å². The molecule has 5 aliphatic rings. The number of Topliss-reactive ketones (excluding diaryl/α,β-unsaturated/α-hetero) is 1. The molecule has 1 amide bonds. The Morgan fingerprint density at radius 3 is 2.44 bits per heavy atom. The summed E-state index contributed by atoms with van der Waals surface area (Å²) in [5.74, 6) is -1.32. The van der Waals surface area contributed by atoms with Crippen molar-refractivity contribution in [2.45, 2.75) is 97.7 Å². The van der Waals surface area contributed by atoms with Gasteiger partial charge in [0, 0.05) is 19.0 Å². The lowest BCUT2D eigenvalue weighted by Crippen LogP contribution is -2.68. The van der Waals surface area contributed by atoms with E-state index in [0.29, 0.717) is 18.7 Å². The van der Waals surface area contributed by atoms with Crippen LogP contribution in [0.25, 0.3) is 0 Å². The lowest BCUT2D eigenvalue weighted by atomic mass is 9.59. The van der Waals surface area contributed by atoms with Crippen LogP contribution in [0.5, 0.6) is 0 Å². The summed E-state index contributed by atoms with van der Waals surface area (Å²) in [6.45, 7) is 15.6. The lowest BCUT2D eigenvalue weighted by molar-refractivity contribution is -0.303. The number of amides is 1. The van der Waals surface area contributed by atoms with Crippen molar-refractivity contribution >= 4 is 11.9 Å². The fraction of sp³-hybridized carbons (Fsp3) is 0.793. The van der Waals surface area contributed by atoms with Crippen molar-refractivity contribution in [2.75, 3.05) is 19.7 Å². The molecule has 200 valence electrons. The number of piperidine rings is 1. The number of carbonyl (C=O) groups excluding carboxylic acids is 2. The minimum Gasteiger partial charge on any atom is -0.438 e. The number of nitrogens with zero attached hydrogens (tertiary/aromatic N) is 1. The van der Waals surface area contributed by atoms with Gasteiger partial charge in [0.2, 0.25) is 0 Å². The third kappa shape index (κ3) is 3.48. The van der Waals surface area contributed by atoms with Crippen molar-refractivity contribution < 1.29 is 28.9 Å². The maximum Gasteiger partial charge on any atom is 0.410 e. The molecule has 0 aromatic rings. The Hall–Kier alpha value is -1.70. The van der Waals surface area contributed by atoms with Gasteiger partial charge < -0.3 is 24.2 Å². The molecule has 0 aromatic carbocycles. The molecule has 0 radical (unpaired) electrons. The van der Waals surface area contributed by atoms with Crippen molar-refractivity contribution in [1.82, 2.24) is 4.90 Å². The minimum absolute atomic E-state index is 0.00831. The molecule has 7 nitrogen and oxygen atoms in total. The molecule has 7 atom stereocenters. The Morgan fingerprint density at radius 1 is 1.11 bits per heavy atom. The number of carbonyl (C=O) groups is 2. The lowest BCUT2D eigenvalue weighted by Gasteiger charge is -2.52. The molecule has 2 unspecified atom stereocenters. The van der Waals surface area contributed by atoms with Crippen LogP contribution in [-0.2, 0) is 19.0 Å². The predicted octanol–water partition coefficient (Wildman–Crippen LogP) is 4.63. The second kappa shape index (κ2) is 8.40. The number of fused-ring (bicyclic) bond motifs is 3. The fourth-order valence-electron chi connectivity index (χ4n) is 7.61. The second-order valence-corrected chi connectivity index (χ2v) is 13.0. The van der Waals surface area contributed by atoms with Crippen LogP contribution in [-0.4, -0.2) is 65.2 Å². The zero-order chi connectivity index (χ0) is 26.3. The first-order valence-corrected chi connectivity index (χ1v) is 13.7. The zero-order valence-electron chi connectivity index (χ0n) is 22.9. The van der Waals surface area contributed by atoms with Crippen molar-refractivity contribution in [3.05, 3.63) is 23.3 Å². The van der Waals surface area contributed by atoms with Crippen molar-refractivity contribution in [1.29, 1.82) is 0 Å². The summed E-state index contributed by atoms with van der Waals surface area (Å²) in [6, 6.07) is 0. The number of aliphatic hydroxyl groups is 1. The van der Waals surface area contributed by atoms with Gasteiger partial charge in [0.1, 0.15) is 6.10 Å². The first-order valence-electron chi connectivity index (χ1n) is 13.7. The second-order valence-electron chi connectivity index (χ2n) is 13.0. The number of hydrogen-bond donors (Lipinski definition) is 1. The summed E-state index contributed by atoms with van der Waals surface area (Å²) in [5, 5.41) is 13.0. The smallest absolute Gasteiger partial charge is 0.410 e.